The molecule has 176 valence electrons. The molecule has 3 N–H and O–H groups in total. The number of nitrogens with zero attached hydrogens (tertiary/aromatic N) is 1. The second-order valence-corrected chi connectivity index (χ2v) is 8.46. The van der Waals surface area contributed by atoms with E-state index in [1.54, 1.807) is 54.6 Å². The van der Waals surface area contributed by atoms with Gasteiger partial charge in [0.25, 0.3) is 11.8 Å². The summed E-state index contributed by atoms with van der Waals surface area (Å²) in [7, 11) is 1.52. The molecule has 0 aliphatic carbocycles. The third-order valence-corrected chi connectivity index (χ3v) is 6.39. The van der Waals surface area contributed by atoms with Crippen molar-refractivity contribution in [2.24, 2.45) is 0 Å². The van der Waals surface area contributed by atoms with Crippen LogP contribution in [0.3, 0.4) is 0 Å². The van der Waals surface area contributed by atoms with Crippen molar-refractivity contribution in [3.8, 4) is 16.9 Å². The van der Waals surface area contributed by atoms with Crippen molar-refractivity contribution >= 4 is 23.8 Å². The molecule has 0 bridgehead atoms. The molecule has 1 fully saturated rings. The van der Waals surface area contributed by atoms with Gasteiger partial charge in [-0.15, -0.1) is 0 Å². The smallest absolute Gasteiger partial charge is 0.335 e. The van der Waals surface area contributed by atoms with E-state index in [-0.39, 0.29) is 18.0 Å². The molecule has 1 atom stereocenters. The van der Waals surface area contributed by atoms with Gasteiger partial charge in [0.2, 0.25) is 0 Å². The maximum Gasteiger partial charge on any atom is 0.335 e. The molecule has 3 aromatic carbocycles. The van der Waals surface area contributed by atoms with Crippen LogP contribution in [0, 0.1) is 0 Å². The summed E-state index contributed by atoms with van der Waals surface area (Å²) in [5.41, 5.74) is 1.94. The number of aromatic carboxylic acids is 1. The molecule has 4 amide bonds. The first-order chi connectivity index (χ1) is 16.8. The first-order valence-corrected chi connectivity index (χ1v) is 10.8. The standard InChI is InChI=1S/C26H21N3O6/c1-35-20-10-7-18-13-29(22(30)21(18)12-20)14-26(24(33)27-25(34)28-26)19-8-5-15(6-9-19)16-3-2-4-17(11-16)23(31)32/h2-12H,13-14H2,1H3,(H,31,32)(H2,27,28,33,34). The highest BCUT2D eigenvalue weighted by Gasteiger charge is 2.50. The lowest BCUT2D eigenvalue weighted by Crippen LogP contribution is -2.52. The van der Waals surface area contributed by atoms with Crippen molar-refractivity contribution in [2.45, 2.75) is 12.1 Å². The van der Waals surface area contributed by atoms with Crippen LogP contribution in [0.4, 0.5) is 4.79 Å². The molecule has 2 heterocycles. The zero-order chi connectivity index (χ0) is 24.7. The number of ether oxygens (including phenoxy) is 1. The fraction of sp³-hybridized carbons (Fsp3) is 0.154. The molecule has 0 radical (unpaired) electrons. The third kappa shape index (κ3) is 3.76. The molecular weight excluding hydrogens is 450 g/mol. The zero-order valence-electron chi connectivity index (χ0n) is 18.7. The molecule has 2 aliphatic heterocycles. The SMILES string of the molecule is COc1ccc2c(c1)C(=O)N(CC1(c3ccc(-c4cccc(C(=O)O)c4)cc3)NC(=O)NC1=O)C2. The van der Waals surface area contributed by atoms with Crippen LogP contribution in [0.25, 0.3) is 11.1 Å². The summed E-state index contributed by atoms with van der Waals surface area (Å²) in [6.07, 6.45) is 0. The van der Waals surface area contributed by atoms with Crippen LogP contribution in [0.15, 0.2) is 66.7 Å². The van der Waals surface area contributed by atoms with E-state index < -0.39 is 23.4 Å². The number of hydrogen-bond acceptors (Lipinski definition) is 5. The Morgan fingerprint density at radius 1 is 1.03 bits per heavy atom. The molecule has 5 rings (SSSR count). The monoisotopic (exact) mass is 471 g/mol. The van der Waals surface area contributed by atoms with E-state index in [4.69, 9.17) is 4.74 Å². The number of nitrogens with one attached hydrogen (secondary N) is 2. The molecule has 35 heavy (non-hydrogen) atoms. The highest BCUT2D eigenvalue weighted by molar-refractivity contribution is 6.08. The molecule has 9 nitrogen and oxygen atoms in total. The summed E-state index contributed by atoms with van der Waals surface area (Å²) in [5.74, 6) is -1.27. The Labute approximate surface area is 200 Å². The Morgan fingerprint density at radius 2 is 1.80 bits per heavy atom. The number of carbonyl (C=O) groups is 4. The average Bonchev–Trinajstić information content (AvgIpc) is 3.33. The normalized spacial score (nSPS) is 18.8. The largest absolute Gasteiger partial charge is 0.497 e. The Kier molecular flexibility index (Phi) is 5.24. The van der Waals surface area contributed by atoms with Gasteiger partial charge in [-0.3, -0.25) is 14.9 Å². The summed E-state index contributed by atoms with van der Waals surface area (Å²) in [4.78, 5) is 51.2. The number of carboxylic acids is 1. The van der Waals surface area contributed by atoms with E-state index in [1.165, 1.54) is 18.1 Å². The summed E-state index contributed by atoms with van der Waals surface area (Å²) in [5, 5.41) is 14.3. The lowest BCUT2D eigenvalue weighted by Gasteiger charge is -2.31. The fourth-order valence-electron chi connectivity index (χ4n) is 4.56. The number of hydrogen-bond donors (Lipinski definition) is 3. The van der Waals surface area contributed by atoms with Crippen molar-refractivity contribution in [3.63, 3.8) is 0 Å². The number of imide groups is 1. The number of methoxy groups -OCH3 is 1. The number of carboxylic acid groups (broad SMARTS) is 1. The highest BCUT2D eigenvalue weighted by atomic mass is 16.5. The van der Waals surface area contributed by atoms with Gasteiger partial charge in [-0.25, -0.2) is 9.59 Å². The van der Waals surface area contributed by atoms with Crippen LogP contribution in [-0.4, -0.2) is 47.5 Å². The van der Waals surface area contributed by atoms with Crippen LogP contribution in [0.1, 0.15) is 31.8 Å². The van der Waals surface area contributed by atoms with E-state index in [0.29, 0.717) is 29.0 Å². The molecule has 1 unspecified atom stereocenters. The molecular formula is C26H21N3O6. The summed E-state index contributed by atoms with van der Waals surface area (Å²) < 4.78 is 5.22. The van der Waals surface area contributed by atoms with Crippen molar-refractivity contribution in [1.29, 1.82) is 0 Å². The highest BCUT2D eigenvalue weighted by Crippen LogP contribution is 2.33. The van der Waals surface area contributed by atoms with E-state index in [9.17, 15) is 24.3 Å². The quantitative estimate of drug-likeness (QED) is 0.475. The van der Waals surface area contributed by atoms with E-state index >= 15 is 0 Å². The Balaban J connectivity index is 1.47. The zero-order valence-corrected chi connectivity index (χ0v) is 18.7. The van der Waals surface area contributed by atoms with Gasteiger partial charge in [-0.2, -0.15) is 0 Å². The van der Waals surface area contributed by atoms with Gasteiger partial charge in [0.1, 0.15) is 5.75 Å². The van der Waals surface area contributed by atoms with Gasteiger partial charge < -0.3 is 20.1 Å². The van der Waals surface area contributed by atoms with E-state index in [2.05, 4.69) is 10.6 Å². The van der Waals surface area contributed by atoms with Crippen LogP contribution in [0.5, 0.6) is 5.75 Å². The summed E-state index contributed by atoms with van der Waals surface area (Å²) in [6.45, 7) is 0.234. The predicted molar refractivity (Wildman–Crippen MR) is 125 cm³/mol. The van der Waals surface area contributed by atoms with Crippen LogP contribution in [0.2, 0.25) is 0 Å². The van der Waals surface area contributed by atoms with Crippen molar-refractivity contribution < 1.29 is 29.0 Å². The summed E-state index contributed by atoms with van der Waals surface area (Å²) >= 11 is 0. The molecule has 0 aromatic heterocycles. The van der Waals surface area contributed by atoms with Gasteiger partial charge >= 0.3 is 12.0 Å². The lowest BCUT2D eigenvalue weighted by molar-refractivity contribution is -0.124. The second kappa shape index (κ2) is 8.28. The molecule has 2 aliphatic rings. The summed E-state index contributed by atoms with van der Waals surface area (Å²) in [6, 6.07) is 18.0. The van der Waals surface area contributed by atoms with Gasteiger partial charge in [-0.05, 0) is 46.5 Å². The van der Waals surface area contributed by atoms with Gasteiger partial charge in [0.15, 0.2) is 5.54 Å². The molecule has 3 aromatic rings. The van der Waals surface area contributed by atoms with Crippen molar-refractivity contribution in [1.82, 2.24) is 15.5 Å². The van der Waals surface area contributed by atoms with E-state index in [0.717, 1.165) is 11.1 Å². The number of rotatable bonds is 6. The first-order valence-electron chi connectivity index (χ1n) is 10.8. The van der Waals surface area contributed by atoms with Crippen LogP contribution < -0.4 is 15.4 Å². The maximum atomic E-state index is 13.1. The lowest BCUT2D eigenvalue weighted by atomic mass is 9.88. The Morgan fingerprint density at radius 3 is 2.46 bits per heavy atom. The minimum absolute atomic E-state index is 0.0613. The van der Waals surface area contributed by atoms with Crippen LogP contribution >= 0.6 is 0 Å². The van der Waals surface area contributed by atoms with Crippen molar-refractivity contribution in [2.75, 3.05) is 13.7 Å². The number of fused-ring (bicyclic) bond motifs is 1. The Hall–Kier alpha value is -4.66. The fourth-order valence-corrected chi connectivity index (χ4v) is 4.56. The van der Waals surface area contributed by atoms with Gasteiger partial charge in [0, 0.05) is 12.1 Å². The minimum atomic E-state index is -1.47. The predicted octanol–water partition coefficient (Wildman–Crippen LogP) is 2.75. The number of benzene rings is 3. The number of amides is 4. The molecule has 1 saturated heterocycles. The number of carbonyl (C=O) groups excluding carboxylic acids is 3. The maximum absolute atomic E-state index is 13.1. The number of urea groups is 1. The minimum Gasteiger partial charge on any atom is -0.497 e. The van der Waals surface area contributed by atoms with Gasteiger partial charge in [-0.1, -0.05) is 42.5 Å². The van der Waals surface area contributed by atoms with Crippen molar-refractivity contribution in [3.05, 3.63) is 89.0 Å². The third-order valence-electron chi connectivity index (χ3n) is 6.39. The first kappa shape index (κ1) is 22.1. The molecule has 0 saturated carbocycles. The molecule has 9 heteroatoms. The average molecular weight is 471 g/mol. The second-order valence-electron chi connectivity index (χ2n) is 8.46. The van der Waals surface area contributed by atoms with E-state index in [1.807, 2.05) is 6.07 Å². The topological polar surface area (TPSA) is 125 Å². The van der Waals surface area contributed by atoms with Crippen LogP contribution in [-0.2, 0) is 16.9 Å². The molecule has 0 spiro atoms. The Bertz CT molecular complexity index is 1380. The van der Waals surface area contributed by atoms with Gasteiger partial charge in [0.05, 0.1) is 19.2 Å².